The molecule has 1 aliphatic rings. The average molecular weight is 389 g/mol. The van der Waals surface area contributed by atoms with Gasteiger partial charge in [-0.25, -0.2) is 4.98 Å². The molecule has 0 aliphatic carbocycles. The number of nitrogens with zero attached hydrogens (tertiary/aromatic N) is 3. The van der Waals surface area contributed by atoms with Gasteiger partial charge in [-0.3, -0.25) is 4.79 Å². The molecule has 0 N–H and O–H groups in total. The number of ether oxygens (including phenoxy) is 1. The Hall–Kier alpha value is -3.03. The molecule has 3 aromatic rings. The van der Waals surface area contributed by atoms with Crippen LogP contribution in [0.3, 0.4) is 0 Å². The number of halogens is 3. The summed E-state index contributed by atoms with van der Waals surface area (Å²) in [7, 11) is 1.95. The van der Waals surface area contributed by atoms with Crippen molar-refractivity contribution in [3.63, 3.8) is 0 Å². The summed E-state index contributed by atoms with van der Waals surface area (Å²) in [5.74, 6) is 0.121. The van der Waals surface area contributed by atoms with Crippen molar-refractivity contribution in [3.05, 3.63) is 59.9 Å². The Morgan fingerprint density at radius 3 is 2.64 bits per heavy atom. The van der Waals surface area contributed by atoms with Crippen LogP contribution in [0.25, 0.3) is 10.9 Å². The van der Waals surface area contributed by atoms with E-state index < -0.39 is 11.7 Å². The first kappa shape index (κ1) is 18.3. The van der Waals surface area contributed by atoms with Crippen molar-refractivity contribution in [1.29, 1.82) is 0 Å². The molecule has 0 spiro atoms. The number of aryl methyl sites for hydroxylation is 1. The molecule has 0 radical (unpaired) electrons. The Morgan fingerprint density at radius 2 is 1.96 bits per heavy atom. The second-order valence-corrected chi connectivity index (χ2v) is 6.88. The maximum Gasteiger partial charge on any atom is 0.417 e. The Balaban J connectivity index is 1.33. The van der Waals surface area contributed by atoms with Gasteiger partial charge in [-0.15, -0.1) is 0 Å². The van der Waals surface area contributed by atoms with Gasteiger partial charge < -0.3 is 14.2 Å². The van der Waals surface area contributed by atoms with Crippen molar-refractivity contribution >= 4 is 16.8 Å². The molecular weight excluding hydrogens is 371 g/mol. The van der Waals surface area contributed by atoms with Crippen molar-refractivity contribution in [2.24, 2.45) is 7.05 Å². The summed E-state index contributed by atoms with van der Waals surface area (Å²) >= 11 is 0. The lowest BCUT2D eigenvalue weighted by Gasteiger charge is -2.38. The highest BCUT2D eigenvalue weighted by Gasteiger charge is 2.34. The van der Waals surface area contributed by atoms with Crippen LogP contribution in [0.5, 0.6) is 5.88 Å². The van der Waals surface area contributed by atoms with Crippen molar-refractivity contribution in [2.75, 3.05) is 13.1 Å². The molecule has 4 rings (SSSR count). The zero-order valence-electron chi connectivity index (χ0n) is 15.1. The largest absolute Gasteiger partial charge is 0.471 e. The first-order chi connectivity index (χ1) is 13.3. The van der Waals surface area contributed by atoms with Crippen LogP contribution in [0, 0.1) is 0 Å². The summed E-state index contributed by atoms with van der Waals surface area (Å²) in [5, 5.41) is 1.06. The minimum absolute atomic E-state index is 0.00317. The van der Waals surface area contributed by atoms with E-state index in [2.05, 4.69) is 4.98 Å². The first-order valence-electron chi connectivity index (χ1n) is 8.82. The Kier molecular flexibility index (Phi) is 4.49. The van der Waals surface area contributed by atoms with E-state index >= 15 is 0 Å². The van der Waals surface area contributed by atoms with Crippen LogP contribution in [0.15, 0.2) is 48.8 Å². The summed E-state index contributed by atoms with van der Waals surface area (Å²) < 4.78 is 45.2. The van der Waals surface area contributed by atoms with Crippen molar-refractivity contribution < 1.29 is 22.7 Å². The molecule has 0 unspecified atom stereocenters. The zero-order chi connectivity index (χ0) is 19.9. The van der Waals surface area contributed by atoms with E-state index in [0.717, 1.165) is 28.7 Å². The van der Waals surface area contributed by atoms with Gasteiger partial charge in [-0.05, 0) is 17.7 Å². The number of fused-ring (bicyclic) bond motifs is 1. The van der Waals surface area contributed by atoms with E-state index in [1.165, 1.54) is 6.07 Å². The van der Waals surface area contributed by atoms with Crippen LogP contribution >= 0.6 is 0 Å². The van der Waals surface area contributed by atoms with Crippen molar-refractivity contribution in [1.82, 2.24) is 14.5 Å². The summed E-state index contributed by atoms with van der Waals surface area (Å²) in [5.41, 5.74) is 1.22. The zero-order valence-corrected chi connectivity index (χ0v) is 15.1. The van der Waals surface area contributed by atoms with E-state index in [9.17, 15) is 18.0 Å². The van der Waals surface area contributed by atoms with Crippen LogP contribution in [-0.4, -0.2) is 39.6 Å². The predicted molar refractivity (Wildman–Crippen MR) is 96.9 cm³/mol. The van der Waals surface area contributed by atoms with Gasteiger partial charge in [0.1, 0.15) is 6.10 Å². The van der Waals surface area contributed by atoms with Crippen molar-refractivity contribution in [3.8, 4) is 5.88 Å². The lowest BCUT2D eigenvalue weighted by Crippen LogP contribution is -2.56. The van der Waals surface area contributed by atoms with E-state index in [0.29, 0.717) is 19.5 Å². The standard InChI is InChI=1S/C20H18F3N3O2/c1-25-10-13(16-4-2-3-5-17(16)25)8-19(27)26-11-15(12-26)28-18-7-6-14(9-24-18)20(21,22)23/h2-7,9-10,15H,8,11-12H2,1H3. The van der Waals surface area contributed by atoms with Crippen LogP contribution < -0.4 is 4.74 Å². The van der Waals surface area contributed by atoms with Gasteiger partial charge in [0.25, 0.3) is 0 Å². The number of hydrogen-bond acceptors (Lipinski definition) is 3. The topological polar surface area (TPSA) is 47.4 Å². The molecule has 28 heavy (non-hydrogen) atoms. The van der Waals surface area contributed by atoms with E-state index in [1.54, 1.807) is 4.90 Å². The third kappa shape index (κ3) is 3.54. The van der Waals surface area contributed by atoms with E-state index in [4.69, 9.17) is 4.74 Å². The number of carbonyl (C=O) groups excluding carboxylic acids is 1. The normalized spacial score (nSPS) is 14.9. The molecule has 1 fully saturated rings. The van der Waals surface area contributed by atoms with E-state index in [-0.39, 0.29) is 17.9 Å². The van der Waals surface area contributed by atoms with Crippen LogP contribution in [0.4, 0.5) is 13.2 Å². The number of rotatable bonds is 4. The molecule has 5 nitrogen and oxygen atoms in total. The SMILES string of the molecule is Cn1cc(CC(=O)N2CC(Oc3ccc(C(F)(F)F)cn3)C2)c2ccccc21. The second kappa shape index (κ2) is 6.85. The monoisotopic (exact) mass is 389 g/mol. The molecule has 0 saturated carbocycles. The van der Waals surface area contributed by atoms with Gasteiger partial charge in [0.15, 0.2) is 0 Å². The van der Waals surface area contributed by atoms with Crippen LogP contribution in [0.1, 0.15) is 11.1 Å². The molecule has 1 aliphatic heterocycles. The molecule has 146 valence electrons. The number of hydrogen-bond donors (Lipinski definition) is 0. The number of pyridine rings is 1. The fraction of sp³-hybridized carbons (Fsp3) is 0.300. The van der Waals surface area contributed by atoms with E-state index in [1.807, 2.05) is 42.1 Å². The Labute approximate surface area is 159 Å². The highest BCUT2D eigenvalue weighted by Crippen LogP contribution is 2.29. The van der Waals surface area contributed by atoms with Crippen molar-refractivity contribution in [2.45, 2.75) is 18.7 Å². The first-order valence-corrected chi connectivity index (χ1v) is 8.82. The number of carbonyl (C=O) groups is 1. The predicted octanol–water partition coefficient (Wildman–Crippen LogP) is 3.42. The maximum atomic E-state index is 12.6. The lowest BCUT2D eigenvalue weighted by molar-refractivity contribution is -0.140. The minimum atomic E-state index is -4.42. The fourth-order valence-electron chi connectivity index (χ4n) is 3.35. The Morgan fingerprint density at radius 1 is 1.21 bits per heavy atom. The summed E-state index contributed by atoms with van der Waals surface area (Å²) in [6.07, 6.45) is -1.68. The van der Waals surface area contributed by atoms with Crippen LogP contribution in [0.2, 0.25) is 0 Å². The Bertz CT molecular complexity index is 1010. The quantitative estimate of drug-likeness (QED) is 0.687. The number of aromatic nitrogens is 2. The molecule has 2 aromatic heterocycles. The van der Waals surface area contributed by atoms with Gasteiger partial charge in [0, 0.05) is 36.4 Å². The lowest BCUT2D eigenvalue weighted by atomic mass is 10.1. The number of alkyl halides is 3. The highest BCUT2D eigenvalue weighted by molar-refractivity contribution is 5.89. The number of benzene rings is 1. The maximum absolute atomic E-state index is 12.6. The second-order valence-electron chi connectivity index (χ2n) is 6.88. The summed E-state index contributed by atoms with van der Waals surface area (Å²) in [6.45, 7) is 0.790. The highest BCUT2D eigenvalue weighted by atomic mass is 19.4. The average Bonchev–Trinajstić information content (AvgIpc) is 2.93. The van der Waals surface area contributed by atoms with Gasteiger partial charge in [-0.2, -0.15) is 13.2 Å². The molecular formula is C20H18F3N3O2. The summed E-state index contributed by atoms with van der Waals surface area (Å²) in [6, 6.07) is 10.0. The number of para-hydroxylation sites is 1. The molecule has 1 saturated heterocycles. The molecule has 1 aromatic carbocycles. The molecule has 0 atom stereocenters. The number of amides is 1. The number of likely N-dealkylation sites (tertiary alicyclic amines) is 1. The van der Waals surface area contributed by atoms with Gasteiger partial charge >= 0.3 is 6.18 Å². The van der Waals surface area contributed by atoms with Gasteiger partial charge in [0.2, 0.25) is 11.8 Å². The molecule has 3 heterocycles. The van der Waals surface area contributed by atoms with Gasteiger partial charge in [0.05, 0.1) is 25.1 Å². The third-order valence-electron chi connectivity index (χ3n) is 4.87. The molecule has 1 amide bonds. The third-order valence-corrected chi connectivity index (χ3v) is 4.87. The smallest absolute Gasteiger partial charge is 0.417 e. The van der Waals surface area contributed by atoms with Crippen LogP contribution in [-0.2, 0) is 24.4 Å². The summed E-state index contributed by atoms with van der Waals surface area (Å²) in [4.78, 5) is 17.9. The fourth-order valence-corrected chi connectivity index (χ4v) is 3.35. The molecule has 8 heteroatoms. The molecule has 0 bridgehead atoms. The minimum Gasteiger partial charge on any atom is -0.471 e. The van der Waals surface area contributed by atoms with Gasteiger partial charge in [-0.1, -0.05) is 18.2 Å².